The van der Waals surface area contributed by atoms with E-state index in [-0.39, 0.29) is 5.91 Å². The van der Waals surface area contributed by atoms with E-state index in [1.54, 1.807) is 12.3 Å². The molecule has 0 saturated heterocycles. The molecule has 0 spiro atoms. The highest BCUT2D eigenvalue weighted by molar-refractivity contribution is 6.29. The first-order valence-electron chi connectivity index (χ1n) is 9.08. The van der Waals surface area contributed by atoms with Crippen LogP contribution in [0.5, 0.6) is 0 Å². The molecule has 0 saturated carbocycles. The van der Waals surface area contributed by atoms with E-state index in [1.807, 2.05) is 30.7 Å². The Balaban J connectivity index is 1.64. The number of hydrogen-bond donors (Lipinski definition) is 1. The highest BCUT2D eigenvalue weighted by Gasteiger charge is 2.10. The number of hydrogen-bond acceptors (Lipinski definition) is 3. The molecule has 0 aliphatic heterocycles. The summed E-state index contributed by atoms with van der Waals surface area (Å²) in [5, 5.41) is 7.90. The van der Waals surface area contributed by atoms with Crippen LogP contribution in [0.15, 0.2) is 48.7 Å². The number of aryl methyl sites for hydroxylation is 2. The van der Waals surface area contributed by atoms with Crippen LogP contribution in [0.3, 0.4) is 0 Å². The lowest BCUT2D eigenvalue weighted by atomic mass is 10.1. The summed E-state index contributed by atoms with van der Waals surface area (Å²) in [6.45, 7) is 7.15. The standard InChI is InChI=1S/C22H23ClN4O/c1-15-4-6-18(7-5-15)14-27-17(3)20(16(2)26-27)9-11-22(28)25-13-19-8-10-21(23)24-12-19/h4-12H,13-14H2,1-3H3,(H,25,28). The Hall–Kier alpha value is -2.92. The van der Waals surface area contributed by atoms with Crippen molar-refractivity contribution in [3.05, 3.63) is 87.5 Å². The fourth-order valence-electron chi connectivity index (χ4n) is 2.89. The molecular weight excluding hydrogens is 372 g/mol. The summed E-state index contributed by atoms with van der Waals surface area (Å²) in [4.78, 5) is 16.1. The van der Waals surface area contributed by atoms with Crippen molar-refractivity contribution in [1.29, 1.82) is 0 Å². The maximum Gasteiger partial charge on any atom is 0.244 e. The summed E-state index contributed by atoms with van der Waals surface area (Å²) < 4.78 is 1.97. The van der Waals surface area contributed by atoms with Crippen molar-refractivity contribution in [2.45, 2.75) is 33.9 Å². The molecule has 0 bridgehead atoms. The van der Waals surface area contributed by atoms with Crippen LogP contribution in [0, 0.1) is 20.8 Å². The molecule has 28 heavy (non-hydrogen) atoms. The van der Waals surface area contributed by atoms with Crippen LogP contribution in [0.1, 0.15) is 33.6 Å². The number of pyridine rings is 1. The minimum Gasteiger partial charge on any atom is -0.348 e. The number of halogens is 1. The van der Waals surface area contributed by atoms with Crippen molar-refractivity contribution in [2.75, 3.05) is 0 Å². The zero-order chi connectivity index (χ0) is 20.1. The number of benzene rings is 1. The molecule has 0 aliphatic carbocycles. The zero-order valence-electron chi connectivity index (χ0n) is 16.2. The van der Waals surface area contributed by atoms with E-state index in [2.05, 4.69) is 46.6 Å². The molecule has 0 radical (unpaired) electrons. The van der Waals surface area contributed by atoms with Gasteiger partial charge in [-0.15, -0.1) is 0 Å². The van der Waals surface area contributed by atoms with E-state index in [4.69, 9.17) is 11.6 Å². The summed E-state index contributed by atoms with van der Waals surface area (Å²) in [5.41, 5.74) is 6.22. The van der Waals surface area contributed by atoms with Gasteiger partial charge in [0.1, 0.15) is 5.15 Å². The summed E-state index contributed by atoms with van der Waals surface area (Å²) in [5.74, 6) is -0.167. The predicted molar refractivity (Wildman–Crippen MR) is 112 cm³/mol. The molecule has 1 amide bonds. The normalized spacial score (nSPS) is 11.1. The first kappa shape index (κ1) is 19.8. The van der Waals surface area contributed by atoms with Crippen molar-refractivity contribution in [3.63, 3.8) is 0 Å². The lowest BCUT2D eigenvalue weighted by Crippen LogP contribution is -2.20. The van der Waals surface area contributed by atoms with E-state index in [0.717, 1.165) is 22.5 Å². The molecule has 3 aromatic rings. The van der Waals surface area contributed by atoms with Crippen LogP contribution in [-0.4, -0.2) is 20.7 Å². The zero-order valence-corrected chi connectivity index (χ0v) is 17.0. The van der Waals surface area contributed by atoms with Crippen LogP contribution in [0.4, 0.5) is 0 Å². The lowest BCUT2D eigenvalue weighted by molar-refractivity contribution is -0.116. The molecule has 1 N–H and O–H groups in total. The Labute approximate surface area is 170 Å². The largest absolute Gasteiger partial charge is 0.348 e. The van der Waals surface area contributed by atoms with Gasteiger partial charge in [-0.3, -0.25) is 9.48 Å². The molecule has 0 atom stereocenters. The SMILES string of the molecule is Cc1ccc(Cn2nc(C)c(C=CC(=O)NCc3ccc(Cl)nc3)c2C)cc1. The molecule has 2 heterocycles. The van der Waals surface area contributed by atoms with Gasteiger partial charge < -0.3 is 5.32 Å². The quantitative estimate of drug-likeness (QED) is 0.502. The van der Waals surface area contributed by atoms with E-state index < -0.39 is 0 Å². The molecule has 0 unspecified atom stereocenters. The van der Waals surface area contributed by atoms with Gasteiger partial charge in [0.2, 0.25) is 5.91 Å². The average molecular weight is 395 g/mol. The van der Waals surface area contributed by atoms with Gasteiger partial charge in [0.05, 0.1) is 12.2 Å². The van der Waals surface area contributed by atoms with Crippen LogP contribution < -0.4 is 5.32 Å². The fraction of sp³-hybridized carbons (Fsp3) is 0.227. The number of aromatic nitrogens is 3. The first-order chi connectivity index (χ1) is 13.4. The molecule has 5 nitrogen and oxygen atoms in total. The van der Waals surface area contributed by atoms with Crippen LogP contribution in [-0.2, 0) is 17.9 Å². The van der Waals surface area contributed by atoms with Gasteiger partial charge in [-0.1, -0.05) is 47.5 Å². The Morgan fingerprint density at radius 2 is 1.82 bits per heavy atom. The van der Waals surface area contributed by atoms with Gasteiger partial charge in [0, 0.05) is 30.1 Å². The van der Waals surface area contributed by atoms with Gasteiger partial charge in [-0.25, -0.2) is 4.98 Å². The van der Waals surface area contributed by atoms with E-state index in [9.17, 15) is 4.79 Å². The summed E-state index contributed by atoms with van der Waals surface area (Å²) in [6.07, 6.45) is 5.01. The van der Waals surface area contributed by atoms with Crippen molar-refractivity contribution < 1.29 is 4.79 Å². The molecule has 144 valence electrons. The number of rotatable bonds is 6. The van der Waals surface area contributed by atoms with Crippen LogP contribution in [0.2, 0.25) is 5.15 Å². The molecular formula is C22H23ClN4O. The van der Waals surface area contributed by atoms with Crippen molar-refractivity contribution >= 4 is 23.6 Å². The van der Waals surface area contributed by atoms with E-state index in [1.165, 1.54) is 17.2 Å². The van der Waals surface area contributed by atoms with E-state index in [0.29, 0.717) is 18.2 Å². The van der Waals surface area contributed by atoms with E-state index >= 15 is 0 Å². The van der Waals surface area contributed by atoms with Gasteiger partial charge in [-0.05, 0) is 44.0 Å². The second kappa shape index (κ2) is 8.85. The fourth-order valence-corrected chi connectivity index (χ4v) is 3.00. The third-order valence-electron chi connectivity index (χ3n) is 4.55. The van der Waals surface area contributed by atoms with Crippen LogP contribution in [0.25, 0.3) is 6.08 Å². The maximum absolute atomic E-state index is 12.1. The van der Waals surface area contributed by atoms with Gasteiger partial charge in [0.25, 0.3) is 0 Å². The molecule has 0 fully saturated rings. The Morgan fingerprint density at radius 1 is 1.11 bits per heavy atom. The summed E-state index contributed by atoms with van der Waals surface area (Å²) >= 11 is 5.76. The third kappa shape index (κ3) is 5.08. The van der Waals surface area contributed by atoms with Crippen molar-refractivity contribution in [1.82, 2.24) is 20.1 Å². The van der Waals surface area contributed by atoms with Gasteiger partial charge in [0.15, 0.2) is 0 Å². The number of amides is 1. The monoisotopic (exact) mass is 394 g/mol. The number of carbonyl (C=O) groups excluding carboxylic acids is 1. The summed E-state index contributed by atoms with van der Waals surface area (Å²) in [6, 6.07) is 12.0. The van der Waals surface area contributed by atoms with Gasteiger partial charge >= 0.3 is 0 Å². The highest BCUT2D eigenvalue weighted by atomic mass is 35.5. The molecule has 0 aliphatic rings. The highest BCUT2D eigenvalue weighted by Crippen LogP contribution is 2.17. The first-order valence-corrected chi connectivity index (χ1v) is 9.46. The lowest BCUT2D eigenvalue weighted by Gasteiger charge is -2.05. The summed E-state index contributed by atoms with van der Waals surface area (Å²) in [7, 11) is 0. The van der Waals surface area contributed by atoms with Gasteiger partial charge in [-0.2, -0.15) is 5.10 Å². The minimum absolute atomic E-state index is 0.167. The smallest absolute Gasteiger partial charge is 0.244 e. The topological polar surface area (TPSA) is 59.8 Å². The molecule has 2 aromatic heterocycles. The van der Waals surface area contributed by atoms with Crippen LogP contribution >= 0.6 is 11.6 Å². The second-order valence-corrected chi connectivity index (χ2v) is 7.16. The average Bonchev–Trinajstić information content (AvgIpc) is 2.94. The van der Waals surface area contributed by atoms with Crippen molar-refractivity contribution in [3.8, 4) is 0 Å². The van der Waals surface area contributed by atoms with Crippen molar-refractivity contribution in [2.24, 2.45) is 0 Å². The molecule has 6 heteroatoms. The molecule has 3 rings (SSSR count). The Bertz CT molecular complexity index is 989. The third-order valence-corrected chi connectivity index (χ3v) is 4.77. The number of nitrogens with one attached hydrogen (secondary N) is 1. The predicted octanol–water partition coefficient (Wildman–Crippen LogP) is 4.23. The number of nitrogens with zero attached hydrogens (tertiary/aromatic N) is 3. The molecule has 1 aromatic carbocycles. The Morgan fingerprint density at radius 3 is 2.50 bits per heavy atom. The Kier molecular flexibility index (Phi) is 6.26. The minimum atomic E-state index is -0.167. The maximum atomic E-state index is 12.1. The number of carbonyl (C=O) groups is 1. The second-order valence-electron chi connectivity index (χ2n) is 6.77.